The lowest BCUT2D eigenvalue weighted by atomic mass is 10.1. The Morgan fingerprint density at radius 1 is 0.812 bits per heavy atom. The molecule has 0 fully saturated rings. The van der Waals surface area contributed by atoms with Gasteiger partial charge in [-0.1, -0.05) is 72.8 Å². The van der Waals surface area contributed by atoms with Crippen LogP contribution >= 0.6 is 0 Å². The van der Waals surface area contributed by atoms with E-state index in [2.05, 4.69) is 10.6 Å². The SMILES string of the molecule is C[C@H](NC(=O)c1ccccc1NC(=O)COc1ccc2ccccc2c1)c1ccccc1. The van der Waals surface area contributed by atoms with Crippen molar-refractivity contribution in [3.05, 3.63) is 108 Å². The van der Waals surface area contributed by atoms with Gasteiger partial charge in [-0.25, -0.2) is 0 Å². The highest BCUT2D eigenvalue weighted by Gasteiger charge is 2.16. The van der Waals surface area contributed by atoms with Crippen LogP contribution in [0, 0.1) is 0 Å². The van der Waals surface area contributed by atoms with Gasteiger partial charge in [0.1, 0.15) is 5.75 Å². The number of hydrogen-bond donors (Lipinski definition) is 2. The monoisotopic (exact) mass is 424 g/mol. The highest BCUT2D eigenvalue weighted by molar-refractivity contribution is 6.04. The molecule has 0 aliphatic carbocycles. The Labute approximate surface area is 187 Å². The first-order valence-corrected chi connectivity index (χ1v) is 10.5. The van der Waals surface area contributed by atoms with Crippen molar-refractivity contribution in [2.45, 2.75) is 13.0 Å². The molecule has 0 saturated carbocycles. The second kappa shape index (κ2) is 9.79. The molecule has 0 heterocycles. The van der Waals surface area contributed by atoms with Crippen LogP contribution in [-0.2, 0) is 4.79 Å². The Bertz CT molecular complexity index is 1240. The lowest BCUT2D eigenvalue weighted by Crippen LogP contribution is -2.28. The Balaban J connectivity index is 1.39. The molecule has 2 N–H and O–H groups in total. The van der Waals surface area contributed by atoms with Crippen molar-refractivity contribution in [1.82, 2.24) is 5.32 Å². The first-order valence-electron chi connectivity index (χ1n) is 10.5. The van der Waals surface area contributed by atoms with Crippen molar-refractivity contribution in [3.63, 3.8) is 0 Å². The summed E-state index contributed by atoms with van der Waals surface area (Å²) in [6, 6.07) is 30.1. The molecule has 0 saturated heterocycles. The molecule has 0 bridgehead atoms. The van der Waals surface area contributed by atoms with Crippen LogP contribution < -0.4 is 15.4 Å². The van der Waals surface area contributed by atoms with E-state index in [1.165, 1.54) is 0 Å². The van der Waals surface area contributed by atoms with Crippen LogP contribution in [0.15, 0.2) is 97.1 Å². The fourth-order valence-corrected chi connectivity index (χ4v) is 3.48. The smallest absolute Gasteiger partial charge is 0.262 e. The zero-order chi connectivity index (χ0) is 22.3. The average molecular weight is 425 g/mol. The van der Waals surface area contributed by atoms with E-state index >= 15 is 0 Å². The van der Waals surface area contributed by atoms with Crippen LogP contribution in [0.25, 0.3) is 10.8 Å². The Morgan fingerprint density at radius 2 is 1.50 bits per heavy atom. The van der Waals surface area contributed by atoms with E-state index in [1.54, 1.807) is 24.3 Å². The number of benzene rings is 4. The summed E-state index contributed by atoms with van der Waals surface area (Å²) < 4.78 is 5.66. The maximum absolute atomic E-state index is 12.8. The molecular formula is C27H24N2O3. The number of nitrogens with one attached hydrogen (secondary N) is 2. The molecule has 4 aromatic carbocycles. The zero-order valence-corrected chi connectivity index (χ0v) is 17.7. The molecule has 0 unspecified atom stereocenters. The summed E-state index contributed by atoms with van der Waals surface area (Å²) in [5.74, 6) is 0.0174. The van der Waals surface area contributed by atoms with Gasteiger partial charge in [-0.05, 0) is 47.5 Å². The number of amides is 2. The van der Waals surface area contributed by atoms with Gasteiger partial charge in [0.15, 0.2) is 6.61 Å². The Morgan fingerprint density at radius 3 is 2.31 bits per heavy atom. The first kappa shape index (κ1) is 21.1. The average Bonchev–Trinajstić information content (AvgIpc) is 2.83. The normalized spacial score (nSPS) is 11.5. The molecule has 4 aromatic rings. The highest BCUT2D eigenvalue weighted by atomic mass is 16.5. The van der Waals surface area contributed by atoms with Crippen molar-refractivity contribution < 1.29 is 14.3 Å². The molecule has 2 amide bonds. The van der Waals surface area contributed by atoms with E-state index in [0.29, 0.717) is 17.0 Å². The molecule has 5 nitrogen and oxygen atoms in total. The van der Waals surface area contributed by atoms with E-state index in [0.717, 1.165) is 16.3 Å². The standard InChI is InChI=1S/C27H24N2O3/c1-19(20-9-3-2-4-10-20)28-27(31)24-13-7-8-14-25(24)29-26(30)18-32-23-16-15-21-11-5-6-12-22(21)17-23/h2-17,19H,18H2,1H3,(H,28,31)(H,29,30)/t19-/m0/s1. The fourth-order valence-electron chi connectivity index (χ4n) is 3.48. The highest BCUT2D eigenvalue weighted by Crippen LogP contribution is 2.21. The second-order valence-electron chi connectivity index (χ2n) is 7.50. The van der Waals surface area contributed by atoms with Gasteiger partial charge >= 0.3 is 0 Å². The molecule has 0 radical (unpaired) electrons. The minimum atomic E-state index is -0.338. The maximum Gasteiger partial charge on any atom is 0.262 e. The summed E-state index contributed by atoms with van der Waals surface area (Å²) in [7, 11) is 0. The number of carbonyl (C=O) groups is 2. The lowest BCUT2D eigenvalue weighted by Gasteiger charge is -2.16. The van der Waals surface area contributed by atoms with Gasteiger partial charge in [0, 0.05) is 0 Å². The molecular weight excluding hydrogens is 400 g/mol. The van der Waals surface area contributed by atoms with Crippen LogP contribution in [0.2, 0.25) is 0 Å². The van der Waals surface area contributed by atoms with Crippen LogP contribution in [0.3, 0.4) is 0 Å². The van der Waals surface area contributed by atoms with Crippen molar-refractivity contribution in [1.29, 1.82) is 0 Å². The topological polar surface area (TPSA) is 67.4 Å². The van der Waals surface area contributed by atoms with Gasteiger partial charge in [-0.2, -0.15) is 0 Å². The van der Waals surface area contributed by atoms with Crippen molar-refractivity contribution >= 4 is 28.3 Å². The van der Waals surface area contributed by atoms with Crippen LogP contribution in [-0.4, -0.2) is 18.4 Å². The maximum atomic E-state index is 12.8. The van der Waals surface area contributed by atoms with E-state index in [9.17, 15) is 9.59 Å². The van der Waals surface area contributed by atoms with E-state index in [4.69, 9.17) is 4.74 Å². The summed E-state index contributed by atoms with van der Waals surface area (Å²) in [6.45, 7) is 1.76. The molecule has 1 atom stereocenters. The summed E-state index contributed by atoms with van der Waals surface area (Å²) >= 11 is 0. The quantitative estimate of drug-likeness (QED) is 0.420. The molecule has 0 aromatic heterocycles. The molecule has 0 aliphatic rings. The van der Waals surface area contributed by atoms with Gasteiger partial charge in [0.05, 0.1) is 17.3 Å². The number of carbonyl (C=O) groups excluding carboxylic acids is 2. The number of anilines is 1. The predicted octanol–water partition coefficient (Wildman–Crippen LogP) is 5.35. The minimum Gasteiger partial charge on any atom is -0.484 e. The second-order valence-corrected chi connectivity index (χ2v) is 7.50. The molecule has 4 rings (SSSR count). The summed E-state index contributed by atoms with van der Waals surface area (Å²) in [5, 5.41) is 7.91. The number of para-hydroxylation sites is 1. The van der Waals surface area contributed by atoms with Crippen molar-refractivity contribution in [3.8, 4) is 5.75 Å². The lowest BCUT2D eigenvalue weighted by molar-refractivity contribution is -0.118. The van der Waals surface area contributed by atoms with Gasteiger partial charge in [-0.15, -0.1) is 0 Å². The molecule has 160 valence electrons. The Hall–Kier alpha value is -4.12. The minimum absolute atomic E-state index is 0.158. The van der Waals surface area contributed by atoms with Gasteiger partial charge in [-0.3, -0.25) is 9.59 Å². The summed E-state index contributed by atoms with van der Waals surface area (Å²) in [4.78, 5) is 25.3. The van der Waals surface area contributed by atoms with Gasteiger partial charge in [0.25, 0.3) is 11.8 Å². The molecule has 0 spiro atoms. The number of fused-ring (bicyclic) bond motifs is 1. The third-order valence-corrected chi connectivity index (χ3v) is 5.18. The third-order valence-electron chi connectivity index (χ3n) is 5.18. The van der Waals surface area contributed by atoms with Crippen LogP contribution in [0.1, 0.15) is 28.9 Å². The molecule has 32 heavy (non-hydrogen) atoms. The Kier molecular flexibility index (Phi) is 6.46. The number of ether oxygens (including phenoxy) is 1. The van der Waals surface area contributed by atoms with E-state index in [1.807, 2.05) is 79.7 Å². The summed E-state index contributed by atoms with van der Waals surface area (Å²) in [6.07, 6.45) is 0. The van der Waals surface area contributed by atoms with Crippen molar-refractivity contribution in [2.24, 2.45) is 0 Å². The summed E-state index contributed by atoms with van der Waals surface area (Å²) in [5.41, 5.74) is 1.85. The van der Waals surface area contributed by atoms with Crippen LogP contribution in [0.4, 0.5) is 5.69 Å². The molecule has 0 aliphatic heterocycles. The van der Waals surface area contributed by atoms with Crippen molar-refractivity contribution in [2.75, 3.05) is 11.9 Å². The third kappa shape index (κ3) is 5.13. The number of rotatable bonds is 7. The molecule has 5 heteroatoms. The van der Waals surface area contributed by atoms with Gasteiger partial charge < -0.3 is 15.4 Å². The first-order chi connectivity index (χ1) is 15.6. The number of hydrogen-bond acceptors (Lipinski definition) is 3. The zero-order valence-electron chi connectivity index (χ0n) is 17.7. The van der Waals surface area contributed by atoms with E-state index in [-0.39, 0.29) is 24.5 Å². The largest absolute Gasteiger partial charge is 0.484 e. The fraction of sp³-hybridized carbons (Fsp3) is 0.111. The van der Waals surface area contributed by atoms with Crippen LogP contribution in [0.5, 0.6) is 5.75 Å². The van der Waals surface area contributed by atoms with E-state index < -0.39 is 0 Å². The predicted molar refractivity (Wildman–Crippen MR) is 127 cm³/mol. The van der Waals surface area contributed by atoms with Gasteiger partial charge in [0.2, 0.25) is 0 Å².